The lowest BCUT2D eigenvalue weighted by molar-refractivity contribution is -0.258. The Morgan fingerprint density at radius 1 is 1.15 bits per heavy atom. The zero-order valence-electron chi connectivity index (χ0n) is 18.9. The Labute approximate surface area is 202 Å². The quantitative estimate of drug-likeness (QED) is 0.588. The maximum Gasteiger partial charge on any atom is 0.421 e. The summed E-state index contributed by atoms with van der Waals surface area (Å²) in [5.41, 5.74) is -2.33. The van der Waals surface area contributed by atoms with Gasteiger partial charge in [-0.2, -0.15) is 17.5 Å². The number of piperazine rings is 1. The monoisotopic (exact) mass is 517 g/mol. The fourth-order valence-electron chi connectivity index (χ4n) is 4.57. The van der Waals surface area contributed by atoms with Crippen molar-refractivity contribution in [3.63, 3.8) is 0 Å². The number of nitrogens with zero attached hydrogens (tertiary/aromatic N) is 3. The summed E-state index contributed by atoms with van der Waals surface area (Å²) in [5, 5.41) is 10.3. The van der Waals surface area contributed by atoms with Crippen molar-refractivity contribution in [3.05, 3.63) is 58.9 Å². The van der Waals surface area contributed by atoms with Gasteiger partial charge in [0.15, 0.2) is 5.60 Å². The molecular formula is C23H27ClF3N3O3S. The van der Waals surface area contributed by atoms with Gasteiger partial charge in [-0.15, -0.1) is 0 Å². The second-order valence-corrected chi connectivity index (χ2v) is 11.7. The van der Waals surface area contributed by atoms with E-state index in [0.717, 1.165) is 49.2 Å². The number of hydrogen-bond donors (Lipinski definition) is 1. The topological polar surface area (TPSA) is 73.7 Å². The average molecular weight is 518 g/mol. The molecule has 0 amide bonds. The third kappa shape index (κ3) is 4.70. The highest BCUT2D eigenvalue weighted by atomic mass is 35.5. The van der Waals surface area contributed by atoms with Crippen LogP contribution in [-0.2, 0) is 21.0 Å². The first-order valence-electron chi connectivity index (χ1n) is 11.0. The fourth-order valence-corrected chi connectivity index (χ4v) is 6.30. The van der Waals surface area contributed by atoms with Gasteiger partial charge in [0.1, 0.15) is 5.15 Å². The highest BCUT2D eigenvalue weighted by Crippen LogP contribution is 2.49. The predicted octanol–water partition coefficient (Wildman–Crippen LogP) is 3.93. The van der Waals surface area contributed by atoms with E-state index in [0.29, 0.717) is 25.2 Å². The Kier molecular flexibility index (Phi) is 6.52. The van der Waals surface area contributed by atoms with Crippen molar-refractivity contribution < 1.29 is 26.7 Å². The standard InChI is InChI=1S/C23H27ClF3N3O3S/c1-16-14-29(15-22(9-10-22)18-5-8-20(24)28-13-18)11-12-30(16)34(32,33)19-6-3-17(4-7-19)21(2,31)23(25,26)27/h3-8,13,16,31H,9-12,14-15H2,1-2H3. The summed E-state index contributed by atoms with van der Waals surface area (Å²) in [6.07, 6.45) is -0.993. The molecule has 0 spiro atoms. The van der Waals surface area contributed by atoms with Crippen molar-refractivity contribution in [1.29, 1.82) is 0 Å². The number of pyridine rings is 1. The van der Waals surface area contributed by atoms with Crippen LogP contribution in [0.2, 0.25) is 5.15 Å². The average Bonchev–Trinajstić information content (AvgIpc) is 3.54. The molecule has 4 rings (SSSR count). The highest BCUT2D eigenvalue weighted by Gasteiger charge is 2.51. The lowest BCUT2D eigenvalue weighted by Crippen LogP contribution is -2.55. The molecule has 2 aromatic rings. The number of alkyl halides is 3. The molecular weight excluding hydrogens is 491 g/mol. The molecule has 0 radical (unpaired) electrons. The Balaban J connectivity index is 1.44. The number of rotatable bonds is 6. The van der Waals surface area contributed by atoms with Crippen molar-refractivity contribution in [3.8, 4) is 0 Å². The number of benzene rings is 1. The molecule has 1 aromatic heterocycles. The number of sulfonamides is 1. The Hall–Kier alpha value is -1.72. The number of aliphatic hydroxyl groups is 1. The molecule has 1 aliphatic heterocycles. The van der Waals surface area contributed by atoms with Crippen molar-refractivity contribution in [2.75, 3.05) is 26.2 Å². The van der Waals surface area contributed by atoms with Gasteiger partial charge < -0.3 is 5.11 Å². The summed E-state index contributed by atoms with van der Waals surface area (Å²) in [5.74, 6) is 0. The molecule has 2 unspecified atom stereocenters. The molecule has 11 heteroatoms. The Morgan fingerprint density at radius 3 is 2.29 bits per heavy atom. The van der Waals surface area contributed by atoms with Gasteiger partial charge in [0.2, 0.25) is 10.0 Å². The molecule has 1 aromatic carbocycles. The van der Waals surface area contributed by atoms with Crippen LogP contribution in [0.5, 0.6) is 0 Å². The van der Waals surface area contributed by atoms with Crippen LogP contribution in [0.4, 0.5) is 13.2 Å². The van der Waals surface area contributed by atoms with E-state index in [9.17, 15) is 26.7 Å². The van der Waals surface area contributed by atoms with Gasteiger partial charge in [-0.25, -0.2) is 13.4 Å². The van der Waals surface area contributed by atoms with Crippen molar-refractivity contribution in [2.24, 2.45) is 0 Å². The second kappa shape index (κ2) is 8.74. The van der Waals surface area contributed by atoms with E-state index in [4.69, 9.17) is 11.6 Å². The molecule has 2 aliphatic rings. The SMILES string of the molecule is CC1CN(CC2(c3ccc(Cl)nc3)CC2)CCN1S(=O)(=O)c1ccc(C(C)(O)C(F)(F)F)cc1. The van der Waals surface area contributed by atoms with Crippen LogP contribution in [0.25, 0.3) is 0 Å². The molecule has 1 saturated carbocycles. The summed E-state index contributed by atoms with van der Waals surface area (Å²) in [4.78, 5) is 6.34. The lowest BCUT2D eigenvalue weighted by Gasteiger charge is -2.40. The summed E-state index contributed by atoms with van der Waals surface area (Å²) in [6.45, 7) is 4.65. The first-order chi connectivity index (χ1) is 15.8. The lowest BCUT2D eigenvalue weighted by atomic mass is 9.96. The first kappa shape index (κ1) is 25.4. The Morgan fingerprint density at radius 2 is 1.79 bits per heavy atom. The smallest absolute Gasteiger partial charge is 0.376 e. The van der Waals surface area contributed by atoms with E-state index in [1.54, 1.807) is 12.3 Å². The fraction of sp³-hybridized carbons (Fsp3) is 0.522. The van der Waals surface area contributed by atoms with Crippen molar-refractivity contribution >= 4 is 21.6 Å². The predicted molar refractivity (Wildman–Crippen MR) is 122 cm³/mol. The molecule has 1 saturated heterocycles. The number of aromatic nitrogens is 1. The summed E-state index contributed by atoms with van der Waals surface area (Å²) >= 11 is 5.91. The third-order valence-electron chi connectivity index (χ3n) is 6.95. The van der Waals surface area contributed by atoms with Gasteiger partial charge in [-0.05, 0) is 56.0 Å². The minimum Gasteiger partial charge on any atom is -0.376 e. The van der Waals surface area contributed by atoms with E-state index >= 15 is 0 Å². The van der Waals surface area contributed by atoms with E-state index in [1.807, 2.05) is 13.0 Å². The van der Waals surface area contributed by atoms with Crippen LogP contribution in [0.1, 0.15) is 37.8 Å². The highest BCUT2D eigenvalue weighted by molar-refractivity contribution is 7.89. The molecule has 2 fully saturated rings. The van der Waals surface area contributed by atoms with Gasteiger partial charge in [-0.3, -0.25) is 4.90 Å². The second-order valence-electron chi connectivity index (χ2n) is 9.44. The number of halogens is 4. The van der Waals surface area contributed by atoms with Crippen LogP contribution in [0, 0.1) is 0 Å². The van der Waals surface area contributed by atoms with Crippen molar-refractivity contribution in [2.45, 2.75) is 54.8 Å². The zero-order valence-corrected chi connectivity index (χ0v) is 20.5. The van der Waals surface area contributed by atoms with Crippen LogP contribution >= 0.6 is 11.6 Å². The van der Waals surface area contributed by atoms with Crippen LogP contribution < -0.4 is 0 Å². The van der Waals surface area contributed by atoms with Crippen LogP contribution in [0.15, 0.2) is 47.5 Å². The normalized spacial score (nSPS) is 23.4. The molecule has 34 heavy (non-hydrogen) atoms. The molecule has 1 N–H and O–H groups in total. The number of hydrogen-bond acceptors (Lipinski definition) is 5. The molecule has 2 heterocycles. The largest absolute Gasteiger partial charge is 0.421 e. The van der Waals surface area contributed by atoms with Gasteiger partial charge in [0.05, 0.1) is 4.90 Å². The van der Waals surface area contributed by atoms with E-state index in [1.165, 1.54) is 4.31 Å². The minimum absolute atomic E-state index is 0.0175. The third-order valence-corrected chi connectivity index (χ3v) is 9.20. The molecule has 6 nitrogen and oxygen atoms in total. The van der Waals surface area contributed by atoms with Gasteiger partial charge in [0, 0.05) is 43.8 Å². The molecule has 186 valence electrons. The maximum atomic E-state index is 13.2. The summed E-state index contributed by atoms with van der Waals surface area (Å²) in [6, 6.07) is 7.73. The van der Waals surface area contributed by atoms with E-state index in [-0.39, 0.29) is 22.9 Å². The zero-order chi connectivity index (χ0) is 24.9. The minimum atomic E-state index is -4.88. The van der Waals surface area contributed by atoms with E-state index < -0.39 is 27.4 Å². The summed E-state index contributed by atoms with van der Waals surface area (Å²) in [7, 11) is -3.90. The van der Waals surface area contributed by atoms with Gasteiger partial charge in [0.25, 0.3) is 0 Å². The maximum absolute atomic E-state index is 13.2. The molecule has 0 bridgehead atoms. The first-order valence-corrected chi connectivity index (χ1v) is 12.8. The van der Waals surface area contributed by atoms with Crippen molar-refractivity contribution in [1.82, 2.24) is 14.2 Å². The summed E-state index contributed by atoms with van der Waals surface area (Å²) < 4.78 is 67.1. The van der Waals surface area contributed by atoms with E-state index in [2.05, 4.69) is 9.88 Å². The molecule has 1 aliphatic carbocycles. The molecule has 2 atom stereocenters. The van der Waals surface area contributed by atoms with Gasteiger partial charge in [-0.1, -0.05) is 29.8 Å². The van der Waals surface area contributed by atoms with Crippen LogP contribution in [0.3, 0.4) is 0 Å². The van der Waals surface area contributed by atoms with Crippen LogP contribution in [-0.4, -0.2) is 66.1 Å². The van der Waals surface area contributed by atoms with Gasteiger partial charge >= 0.3 is 6.18 Å². The Bertz CT molecular complexity index is 1130.